The fourth-order valence-corrected chi connectivity index (χ4v) is 3.88. The van der Waals surface area contributed by atoms with Gasteiger partial charge in [0.05, 0.1) is 16.7 Å². The van der Waals surface area contributed by atoms with Gasteiger partial charge in [0.15, 0.2) is 0 Å². The summed E-state index contributed by atoms with van der Waals surface area (Å²) in [6, 6.07) is 0. The van der Waals surface area contributed by atoms with Gasteiger partial charge in [-0.15, -0.1) is 11.8 Å². The standard InChI is InChI=1S/C15H21NO4S/c1-8(2)11-6-16-10(5-12(17)18)7-21-14(16)13(11)15(19)20-9(3)4/h5,8-9,11H,6-7H2,1-4H3,(H,17,18). The van der Waals surface area contributed by atoms with Gasteiger partial charge in [-0.3, -0.25) is 0 Å². The maximum absolute atomic E-state index is 12.4. The topological polar surface area (TPSA) is 66.8 Å². The zero-order chi connectivity index (χ0) is 15.7. The normalized spacial score (nSPS) is 23.4. The van der Waals surface area contributed by atoms with Gasteiger partial charge in [0.1, 0.15) is 0 Å². The molecule has 2 aliphatic rings. The Morgan fingerprint density at radius 2 is 2.05 bits per heavy atom. The predicted octanol–water partition coefficient (Wildman–Crippen LogP) is 2.45. The molecule has 0 spiro atoms. The van der Waals surface area contributed by atoms with E-state index >= 15 is 0 Å². The minimum atomic E-state index is -0.953. The van der Waals surface area contributed by atoms with Crippen molar-refractivity contribution in [2.75, 3.05) is 12.3 Å². The van der Waals surface area contributed by atoms with E-state index in [1.807, 2.05) is 18.7 Å². The third-order valence-electron chi connectivity index (χ3n) is 3.59. The Morgan fingerprint density at radius 1 is 1.38 bits per heavy atom. The number of thioether (sulfide) groups is 1. The monoisotopic (exact) mass is 311 g/mol. The lowest BCUT2D eigenvalue weighted by Gasteiger charge is -2.20. The summed E-state index contributed by atoms with van der Waals surface area (Å²) in [5.41, 5.74) is 1.46. The number of hydrogen-bond acceptors (Lipinski definition) is 5. The van der Waals surface area contributed by atoms with Crippen LogP contribution in [-0.2, 0) is 14.3 Å². The highest BCUT2D eigenvalue weighted by Crippen LogP contribution is 2.47. The lowest BCUT2D eigenvalue weighted by atomic mass is 9.90. The second kappa shape index (κ2) is 6.13. The first-order valence-corrected chi connectivity index (χ1v) is 8.08. The van der Waals surface area contributed by atoms with Crippen molar-refractivity contribution in [3.8, 4) is 0 Å². The van der Waals surface area contributed by atoms with E-state index in [4.69, 9.17) is 9.84 Å². The number of carboxylic acids is 1. The van der Waals surface area contributed by atoms with Crippen molar-refractivity contribution >= 4 is 23.7 Å². The molecule has 2 heterocycles. The summed E-state index contributed by atoms with van der Waals surface area (Å²) in [4.78, 5) is 25.2. The molecular weight excluding hydrogens is 290 g/mol. The molecule has 0 aromatic carbocycles. The second-order valence-corrected chi connectivity index (χ2v) is 6.86. The lowest BCUT2D eigenvalue weighted by molar-refractivity contribution is -0.143. The van der Waals surface area contributed by atoms with Crippen LogP contribution in [0.15, 0.2) is 22.4 Å². The van der Waals surface area contributed by atoms with Crippen LogP contribution >= 0.6 is 11.8 Å². The van der Waals surface area contributed by atoms with Crippen LogP contribution in [0.25, 0.3) is 0 Å². The van der Waals surface area contributed by atoms with Gasteiger partial charge >= 0.3 is 11.9 Å². The maximum atomic E-state index is 12.4. The van der Waals surface area contributed by atoms with Crippen molar-refractivity contribution in [2.24, 2.45) is 11.8 Å². The summed E-state index contributed by atoms with van der Waals surface area (Å²) in [5, 5.41) is 9.81. The molecule has 0 bridgehead atoms. The zero-order valence-corrected chi connectivity index (χ0v) is 13.6. The molecule has 21 heavy (non-hydrogen) atoms. The molecule has 5 nitrogen and oxygen atoms in total. The van der Waals surface area contributed by atoms with Gasteiger partial charge in [-0.2, -0.15) is 0 Å². The van der Waals surface area contributed by atoms with Crippen LogP contribution in [0.3, 0.4) is 0 Å². The Morgan fingerprint density at radius 3 is 2.57 bits per heavy atom. The van der Waals surface area contributed by atoms with Crippen molar-refractivity contribution in [3.05, 3.63) is 22.4 Å². The average molecular weight is 311 g/mol. The Hall–Kier alpha value is -1.43. The van der Waals surface area contributed by atoms with Gasteiger partial charge in [-0.25, -0.2) is 9.59 Å². The number of hydrogen-bond donors (Lipinski definition) is 1. The molecule has 1 saturated heterocycles. The maximum Gasteiger partial charge on any atom is 0.337 e. The fraction of sp³-hybridized carbons (Fsp3) is 0.600. The van der Waals surface area contributed by atoms with E-state index in [2.05, 4.69) is 13.8 Å². The predicted molar refractivity (Wildman–Crippen MR) is 81.5 cm³/mol. The van der Waals surface area contributed by atoms with Gasteiger partial charge in [0, 0.05) is 30.0 Å². The van der Waals surface area contributed by atoms with E-state index in [0.717, 1.165) is 10.7 Å². The first kappa shape index (κ1) is 15.9. The van der Waals surface area contributed by atoms with Gasteiger partial charge in [-0.05, 0) is 19.8 Å². The molecule has 116 valence electrons. The minimum Gasteiger partial charge on any atom is -0.478 e. The summed E-state index contributed by atoms with van der Waals surface area (Å²) in [5.74, 6) is -0.262. The summed E-state index contributed by atoms with van der Waals surface area (Å²) in [6.07, 6.45) is 1.07. The average Bonchev–Trinajstić information content (AvgIpc) is 2.87. The zero-order valence-electron chi connectivity index (χ0n) is 12.8. The molecular formula is C15H21NO4S. The quantitative estimate of drug-likeness (QED) is 0.635. The summed E-state index contributed by atoms with van der Waals surface area (Å²) >= 11 is 1.52. The van der Waals surface area contributed by atoms with E-state index < -0.39 is 5.97 Å². The van der Waals surface area contributed by atoms with Gasteiger partial charge in [0.25, 0.3) is 0 Å². The SMILES string of the molecule is CC(C)OC(=O)C1=C2SCC(=CC(=O)O)N2CC1C(C)C. The third-order valence-corrected chi connectivity index (χ3v) is 4.74. The lowest BCUT2D eigenvalue weighted by Crippen LogP contribution is -2.24. The minimum absolute atomic E-state index is 0.0799. The van der Waals surface area contributed by atoms with Gasteiger partial charge < -0.3 is 14.7 Å². The number of rotatable bonds is 4. The largest absolute Gasteiger partial charge is 0.478 e. The third kappa shape index (κ3) is 3.26. The first-order valence-electron chi connectivity index (χ1n) is 7.10. The molecule has 0 aromatic heterocycles. The van der Waals surface area contributed by atoms with Crippen molar-refractivity contribution in [3.63, 3.8) is 0 Å². The van der Waals surface area contributed by atoms with Crippen LogP contribution in [0.2, 0.25) is 0 Å². The van der Waals surface area contributed by atoms with E-state index in [0.29, 0.717) is 23.8 Å². The number of carboxylic acid groups (broad SMARTS) is 1. The number of aliphatic carboxylic acids is 1. The van der Waals surface area contributed by atoms with Crippen LogP contribution in [-0.4, -0.2) is 40.3 Å². The molecule has 0 radical (unpaired) electrons. The Bertz CT molecular complexity index is 522. The van der Waals surface area contributed by atoms with Crippen molar-refractivity contribution in [1.29, 1.82) is 0 Å². The molecule has 0 amide bonds. The van der Waals surface area contributed by atoms with E-state index in [1.54, 1.807) is 0 Å². The van der Waals surface area contributed by atoms with Crippen molar-refractivity contribution < 1.29 is 19.4 Å². The van der Waals surface area contributed by atoms with Crippen LogP contribution < -0.4 is 0 Å². The molecule has 1 unspecified atom stereocenters. The highest BCUT2D eigenvalue weighted by Gasteiger charge is 2.42. The van der Waals surface area contributed by atoms with Crippen molar-refractivity contribution in [2.45, 2.75) is 33.8 Å². The first-order chi connectivity index (χ1) is 9.81. The molecule has 6 heteroatoms. The fourth-order valence-electron chi connectivity index (χ4n) is 2.62. The van der Waals surface area contributed by atoms with E-state index in [-0.39, 0.29) is 18.0 Å². The Labute approximate surface area is 129 Å². The van der Waals surface area contributed by atoms with Crippen LogP contribution in [0.1, 0.15) is 27.7 Å². The number of fused-ring (bicyclic) bond motifs is 1. The van der Waals surface area contributed by atoms with Crippen LogP contribution in [0.4, 0.5) is 0 Å². The van der Waals surface area contributed by atoms with E-state index in [9.17, 15) is 9.59 Å². The Kier molecular flexibility index (Phi) is 4.66. The highest BCUT2D eigenvalue weighted by atomic mass is 32.2. The molecule has 1 fully saturated rings. The van der Waals surface area contributed by atoms with Crippen LogP contribution in [0.5, 0.6) is 0 Å². The van der Waals surface area contributed by atoms with Gasteiger partial charge in [-0.1, -0.05) is 13.8 Å². The van der Waals surface area contributed by atoms with E-state index in [1.165, 1.54) is 17.8 Å². The molecule has 0 aromatic rings. The number of esters is 1. The number of carbonyl (C=O) groups excluding carboxylic acids is 1. The second-order valence-electron chi connectivity index (χ2n) is 5.90. The molecule has 0 aliphatic carbocycles. The number of carbonyl (C=O) groups is 2. The molecule has 1 N–H and O–H groups in total. The number of ether oxygens (including phenoxy) is 1. The molecule has 0 saturated carbocycles. The highest BCUT2D eigenvalue weighted by molar-refractivity contribution is 8.03. The molecule has 2 rings (SSSR count). The Balaban J connectivity index is 2.35. The molecule has 2 aliphatic heterocycles. The summed E-state index contributed by atoms with van der Waals surface area (Å²) in [7, 11) is 0. The van der Waals surface area contributed by atoms with Crippen LogP contribution in [0, 0.1) is 11.8 Å². The summed E-state index contributed by atoms with van der Waals surface area (Å²) < 4.78 is 5.37. The smallest absolute Gasteiger partial charge is 0.337 e. The van der Waals surface area contributed by atoms with Gasteiger partial charge in [0.2, 0.25) is 0 Å². The molecule has 1 atom stereocenters. The van der Waals surface area contributed by atoms with Crippen molar-refractivity contribution in [1.82, 2.24) is 4.90 Å². The summed E-state index contributed by atoms with van der Waals surface area (Å²) in [6.45, 7) is 8.46. The number of nitrogens with zero attached hydrogens (tertiary/aromatic N) is 1.